The van der Waals surface area contributed by atoms with E-state index in [0.717, 1.165) is 10.1 Å². The van der Waals surface area contributed by atoms with Gasteiger partial charge in [-0.3, -0.25) is 0 Å². The normalized spacial score (nSPS) is 14.4. The number of carbonyl (C=O) groups is 2. The van der Waals surface area contributed by atoms with Gasteiger partial charge in [-0.2, -0.15) is 0 Å². The molecule has 2 rings (SSSR count). The van der Waals surface area contributed by atoms with Crippen LogP contribution in [0.3, 0.4) is 0 Å². The summed E-state index contributed by atoms with van der Waals surface area (Å²) < 4.78 is 0.824. The Labute approximate surface area is 137 Å². The first-order valence-corrected chi connectivity index (χ1v) is 8.18. The number of carboxylic acid groups (broad SMARTS) is 1. The molecule has 5 nitrogen and oxygen atoms in total. The third kappa shape index (κ3) is 4.09. The number of hydrogen-bond acceptors (Lipinski definition) is 2. The van der Waals surface area contributed by atoms with Gasteiger partial charge in [0.15, 0.2) is 0 Å². The maximum atomic E-state index is 12.3. The van der Waals surface area contributed by atoms with E-state index >= 15 is 0 Å². The number of hydrogen-bond donors (Lipinski definition) is 2. The minimum atomic E-state index is -1.04. The minimum Gasteiger partial charge on any atom is -0.478 e. The predicted molar refractivity (Wildman–Crippen MR) is 89.7 cm³/mol. The molecule has 2 amide bonds. The van der Waals surface area contributed by atoms with Crippen LogP contribution < -0.4 is 5.32 Å². The number of carbonyl (C=O) groups excluding carboxylic acids is 1. The number of carboxylic acids is 1. The van der Waals surface area contributed by atoms with E-state index in [2.05, 4.69) is 27.9 Å². The first-order chi connectivity index (χ1) is 10.0. The lowest BCUT2D eigenvalue weighted by molar-refractivity contribution is 0.0698. The summed E-state index contributed by atoms with van der Waals surface area (Å²) in [6.45, 7) is 3.30. The highest BCUT2D eigenvalue weighted by Gasteiger charge is 2.23. The smallest absolute Gasteiger partial charge is 0.337 e. The van der Waals surface area contributed by atoms with E-state index in [4.69, 9.17) is 0 Å². The van der Waals surface area contributed by atoms with Crippen molar-refractivity contribution in [3.63, 3.8) is 0 Å². The molecule has 1 aliphatic rings. The Balaban J connectivity index is 2.08. The van der Waals surface area contributed by atoms with Gasteiger partial charge >= 0.3 is 12.0 Å². The van der Waals surface area contributed by atoms with E-state index in [1.807, 2.05) is 6.92 Å². The lowest BCUT2D eigenvalue weighted by atomic mass is 9.85. The molecule has 0 saturated heterocycles. The average molecular weight is 402 g/mol. The Hall–Kier alpha value is -1.31. The van der Waals surface area contributed by atoms with Crippen LogP contribution in [0.15, 0.2) is 18.2 Å². The van der Waals surface area contributed by atoms with Gasteiger partial charge in [0.25, 0.3) is 0 Å². The Bertz CT molecular complexity index is 544. The molecule has 0 aromatic heterocycles. The summed E-state index contributed by atoms with van der Waals surface area (Å²) in [6.07, 6.45) is 3.59. The van der Waals surface area contributed by atoms with Gasteiger partial charge in [0, 0.05) is 16.7 Å². The quantitative estimate of drug-likeness (QED) is 0.739. The minimum absolute atomic E-state index is 0.120. The van der Waals surface area contributed by atoms with Crippen molar-refractivity contribution in [2.75, 3.05) is 18.4 Å². The second-order valence-corrected chi connectivity index (χ2v) is 6.51. The van der Waals surface area contributed by atoms with Gasteiger partial charge in [-0.05, 0) is 66.5 Å². The Morgan fingerprint density at radius 1 is 1.43 bits per heavy atom. The molecule has 1 saturated carbocycles. The van der Waals surface area contributed by atoms with Crippen LogP contribution in [0.5, 0.6) is 0 Å². The topological polar surface area (TPSA) is 69.6 Å². The summed E-state index contributed by atoms with van der Waals surface area (Å²) >= 11 is 2.05. The van der Waals surface area contributed by atoms with Crippen molar-refractivity contribution in [1.29, 1.82) is 0 Å². The molecular formula is C15H19IN2O3. The molecule has 0 atom stereocenters. The number of anilines is 1. The molecule has 0 radical (unpaired) electrons. The maximum Gasteiger partial charge on any atom is 0.337 e. The second-order valence-electron chi connectivity index (χ2n) is 5.26. The lowest BCUT2D eigenvalue weighted by Gasteiger charge is -2.31. The predicted octanol–water partition coefficient (Wildman–Crippen LogP) is 3.64. The van der Waals surface area contributed by atoms with E-state index in [-0.39, 0.29) is 11.6 Å². The standard InChI is InChI=1S/C15H19IN2O3/c1-2-18(9-10-4-3-5-10)15(21)17-13-7-6-11(16)8-12(13)14(19)20/h6-8,10H,2-5,9H2,1H3,(H,17,21)(H,19,20). The summed E-state index contributed by atoms with van der Waals surface area (Å²) in [4.78, 5) is 25.3. The number of amides is 2. The molecule has 0 heterocycles. The van der Waals surface area contributed by atoms with Gasteiger partial charge in [0.1, 0.15) is 0 Å². The highest BCUT2D eigenvalue weighted by Crippen LogP contribution is 2.27. The number of nitrogens with one attached hydrogen (secondary N) is 1. The van der Waals surface area contributed by atoms with Crippen LogP contribution in [-0.2, 0) is 0 Å². The molecule has 1 aromatic rings. The molecule has 1 aliphatic carbocycles. The number of aromatic carboxylic acids is 1. The van der Waals surface area contributed by atoms with Gasteiger partial charge in [0.05, 0.1) is 11.3 Å². The van der Waals surface area contributed by atoms with Crippen molar-refractivity contribution in [2.45, 2.75) is 26.2 Å². The molecule has 0 aliphatic heterocycles. The molecule has 0 spiro atoms. The number of benzene rings is 1. The van der Waals surface area contributed by atoms with E-state index in [1.54, 1.807) is 23.1 Å². The molecule has 1 aromatic carbocycles. The zero-order valence-electron chi connectivity index (χ0n) is 11.9. The fourth-order valence-corrected chi connectivity index (χ4v) is 2.83. The third-order valence-electron chi connectivity index (χ3n) is 3.83. The van der Waals surface area contributed by atoms with Crippen LogP contribution in [-0.4, -0.2) is 35.1 Å². The number of rotatable bonds is 5. The highest BCUT2D eigenvalue weighted by molar-refractivity contribution is 14.1. The van der Waals surface area contributed by atoms with Gasteiger partial charge in [-0.1, -0.05) is 6.42 Å². The molecule has 6 heteroatoms. The summed E-state index contributed by atoms with van der Waals surface area (Å²) in [7, 11) is 0. The third-order valence-corrected chi connectivity index (χ3v) is 4.50. The average Bonchev–Trinajstić information content (AvgIpc) is 2.39. The van der Waals surface area contributed by atoms with Crippen molar-refractivity contribution in [3.8, 4) is 0 Å². The van der Waals surface area contributed by atoms with Crippen LogP contribution >= 0.6 is 22.6 Å². The van der Waals surface area contributed by atoms with E-state index in [0.29, 0.717) is 18.2 Å². The van der Waals surface area contributed by atoms with Crippen molar-refractivity contribution in [1.82, 2.24) is 4.90 Å². The second kappa shape index (κ2) is 7.11. The zero-order valence-corrected chi connectivity index (χ0v) is 14.1. The molecule has 2 N–H and O–H groups in total. The Morgan fingerprint density at radius 3 is 2.67 bits per heavy atom. The van der Waals surface area contributed by atoms with Gasteiger partial charge < -0.3 is 15.3 Å². The van der Waals surface area contributed by atoms with Crippen LogP contribution in [0.25, 0.3) is 0 Å². The van der Waals surface area contributed by atoms with E-state index in [1.165, 1.54) is 19.3 Å². The summed E-state index contributed by atoms with van der Waals surface area (Å²) in [5.41, 5.74) is 0.468. The van der Waals surface area contributed by atoms with Gasteiger partial charge in [-0.15, -0.1) is 0 Å². The fraction of sp³-hybridized carbons (Fsp3) is 0.467. The Morgan fingerprint density at radius 2 is 2.14 bits per heavy atom. The van der Waals surface area contributed by atoms with Crippen molar-refractivity contribution in [3.05, 3.63) is 27.3 Å². The van der Waals surface area contributed by atoms with Crippen molar-refractivity contribution >= 4 is 40.3 Å². The largest absolute Gasteiger partial charge is 0.478 e. The van der Waals surface area contributed by atoms with Crippen LogP contribution in [0.4, 0.5) is 10.5 Å². The highest BCUT2D eigenvalue weighted by atomic mass is 127. The van der Waals surface area contributed by atoms with Gasteiger partial charge in [-0.25, -0.2) is 9.59 Å². The Kier molecular flexibility index (Phi) is 5.44. The maximum absolute atomic E-state index is 12.3. The monoisotopic (exact) mass is 402 g/mol. The van der Waals surface area contributed by atoms with Crippen molar-refractivity contribution < 1.29 is 14.7 Å². The van der Waals surface area contributed by atoms with E-state index in [9.17, 15) is 14.7 Å². The molecule has 1 fully saturated rings. The number of halogens is 1. The van der Waals surface area contributed by atoms with Crippen molar-refractivity contribution in [2.24, 2.45) is 5.92 Å². The SMILES string of the molecule is CCN(CC1CCC1)C(=O)Nc1ccc(I)cc1C(=O)O. The lowest BCUT2D eigenvalue weighted by Crippen LogP contribution is -2.40. The summed E-state index contributed by atoms with van der Waals surface area (Å²) in [6, 6.07) is 4.75. The summed E-state index contributed by atoms with van der Waals surface area (Å²) in [5, 5.41) is 11.9. The van der Waals surface area contributed by atoms with Gasteiger partial charge in [0.2, 0.25) is 0 Å². The zero-order chi connectivity index (χ0) is 15.4. The van der Waals surface area contributed by atoms with Crippen LogP contribution in [0, 0.1) is 9.49 Å². The number of nitrogens with zero attached hydrogens (tertiary/aromatic N) is 1. The first kappa shape index (κ1) is 16.1. The first-order valence-electron chi connectivity index (χ1n) is 7.10. The number of urea groups is 1. The molecule has 114 valence electrons. The van der Waals surface area contributed by atoms with Crippen LogP contribution in [0.1, 0.15) is 36.5 Å². The molecule has 21 heavy (non-hydrogen) atoms. The molecule has 0 bridgehead atoms. The molecule has 0 unspecified atom stereocenters. The fourth-order valence-electron chi connectivity index (χ4n) is 2.34. The summed E-state index contributed by atoms with van der Waals surface area (Å²) in [5.74, 6) is -0.447. The van der Waals surface area contributed by atoms with Crippen LogP contribution in [0.2, 0.25) is 0 Å². The molecular weight excluding hydrogens is 383 g/mol. The van der Waals surface area contributed by atoms with E-state index < -0.39 is 5.97 Å².